The molecule has 4 nitrogen and oxygen atoms in total. The van der Waals surface area contributed by atoms with Crippen LogP contribution in [0, 0.1) is 5.82 Å². The van der Waals surface area contributed by atoms with Crippen LogP contribution >= 0.6 is 0 Å². The van der Waals surface area contributed by atoms with E-state index >= 15 is 0 Å². The number of anilines is 1. The minimum atomic E-state index is -0.247. The Morgan fingerprint density at radius 3 is 2.58 bits per heavy atom. The van der Waals surface area contributed by atoms with E-state index in [1.54, 1.807) is 19.2 Å². The fourth-order valence-corrected chi connectivity index (χ4v) is 4.10. The highest BCUT2D eigenvalue weighted by Gasteiger charge is 2.28. The number of halogens is 1. The zero-order valence-electron chi connectivity index (χ0n) is 17.4. The van der Waals surface area contributed by atoms with Crippen LogP contribution in [-0.4, -0.2) is 24.6 Å². The Morgan fingerprint density at radius 1 is 1.13 bits per heavy atom. The summed E-state index contributed by atoms with van der Waals surface area (Å²) in [4.78, 5) is 13.7. The van der Waals surface area contributed by atoms with E-state index in [1.807, 2.05) is 36.4 Å². The standard InChI is InChI=1S/C26H25FN2O2/c1-28-26(31)13-6-18-2-4-19(5-3-18)16-25-24-12-11-23(30)17-20(24)14-15-29(25)22-9-7-21(27)8-10-22/h2-13,17,25,30H,14-16H2,1H3,(H,28,31)/b13-6+. The summed E-state index contributed by atoms with van der Waals surface area (Å²) in [6, 6.07) is 20.4. The Balaban J connectivity index is 1.63. The van der Waals surface area contributed by atoms with E-state index in [9.17, 15) is 14.3 Å². The molecular weight excluding hydrogens is 391 g/mol. The van der Waals surface area contributed by atoms with E-state index < -0.39 is 0 Å². The van der Waals surface area contributed by atoms with Gasteiger partial charge in [-0.2, -0.15) is 0 Å². The summed E-state index contributed by atoms with van der Waals surface area (Å²) in [5.74, 6) is -0.107. The molecule has 2 N–H and O–H groups in total. The maximum absolute atomic E-state index is 13.5. The Morgan fingerprint density at radius 2 is 1.87 bits per heavy atom. The third-order valence-electron chi connectivity index (χ3n) is 5.72. The van der Waals surface area contributed by atoms with E-state index in [-0.39, 0.29) is 23.5 Å². The highest BCUT2D eigenvalue weighted by molar-refractivity contribution is 5.91. The van der Waals surface area contributed by atoms with Crippen LogP contribution in [0.15, 0.2) is 72.8 Å². The molecule has 0 saturated carbocycles. The number of phenolic OH excluding ortho intramolecular Hbond substituents is 1. The first-order valence-electron chi connectivity index (χ1n) is 10.4. The van der Waals surface area contributed by atoms with Gasteiger partial charge in [-0.3, -0.25) is 4.79 Å². The number of phenols is 1. The average Bonchev–Trinajstić information content (AvgIpc) is 2.79. The van der Waals surface area contributed by atoms with Crippen LogP contribution in [0.5, 0.6) is 5.75 Å². The lowest BCUT2D eigenvalue weighted by Gasteiger charge is -2.39. The van der Waals surface area contributed by atoms with Crippen LogP contribution < -0.4 is 10.2 Å². The van der Waals surface area contributed by atoms with E-state index in [0.29, 0.717) is 0 Å². The molecule has 3 aromatic carbocycles. The van der Waals surface area contributed by atoms with Crippen molar-refractivity contribution in [2.24, 2.45) is 0 Å². The van der Waals surface area contributed by atoms with E-state index in [2.05, 4.69) is 22.3 Å². The summed E-state index contributed by atoms with van der Waals surface area (Å²) in [5.41, 5.74) is 5.42. The lowest BCUT2D eigenvalue weighted by molar-refractivity contribution is -0.115. The zero-order valence-corrected chi connectivity index (χ0v) is 17.4. The molecule has 1 atom stereocenters. The first kappa shape index (κ1) is 20.7. The van der Waals surface area contributed by atoms with Gasteiger partial charge in [0.05, 0.1) is 6.04 Å². The van der Waals surface area contributed by atoms with Gasteiger partial charge in [-0.05, 0) is 77.6 Å². The molecule has 5 heteroatoms. The SMILES string of the molecule is CNC(=O)/C=C/c1ccc(CC2c3ccc(O)cc3CCN2c2ccc(F)cc2)cc1. The predicted molar refractivity (Wildman–Crippen MR) is 122 cm³/mol. The van der Waals surface area contributed by atoms with Gasteiger partial charge in [-0.15, -0.1) is 0 Å². The lowest BCUT2D eigenvalue weighted by atomic mass is 9.88. The molecule has 1 heterocycles. The number of amides is 1. The third-order valence-corrected chi connectivity index (χ3v) is 5.72. The first-order valence-corrected chi connectivity index (χ1v) is 10.4. The van der Waals surface area contributed by atoms with Crippen molar-refractivity contribution in [3.8, 4) is 5.75 Å². The lowest BCUT2D eigenvalue weighted by Crippen LogP contribution is -2.36. The number of carbonyl (C=O) groups is 1. The number of rotatable bonds is 5. The van der Waals surface area contributed by atoms with Gasteiger partial charge in [-0.1, -0.05) is 30.3 Å². The smallest absolute Gasteiger partial charge is 0.243 e. The second-order valence-corrected chi connectivity index (χ2v) is 7.71. The van der Waals surface area contributed by atoms with Gasteiger partial charge in [0.15, 0.2) is 0 Å². The van der Waals surface area contributed by atoms with Crippen LogP contribution in [0.3, 0.4) is 0 Å². The monoisotopic (exact) mass is 416 g/mol. The van der Waals surface area contributed by atoms with Crippen molar-refractivity contribution in [1.29, 1.82) is 0 Å². The highest BCUT2D eigenvalue weighted by Crippen LogP contribution is 2.37. The van der Waals surface area contributed by atoms with Crippen LogP contribution in [-0.2, 0) is 17.6 Å². The van der Waals surface area contributed by atoms with Crippen molar-refractivity contribution in [2.75, 3.05) is 18.5 Å². The molecule has 31 heavy (non-hydrogen) atoms. The summed E-state index contributed by atoms with van der Waals surface area (Å²) in [6.45, 7) is 0.791. The molecule has 0 aromatic heterocycles. The van der Waals surface area contributed by atoms with Crippen molar-refractivity contribution >= 4 is 17.7 Å². The molecule has 0 radical (unpaired) electrons. The third kappa shape index (κ3) is 4.77. The largest absolute Gasteiger partial charge is 0.508 e. The number of hydrogen-bond acceptors (Lipinski definition) is 3. The molecule has 158 valence electrons. The molecule has 0 bridgehead atoms. The van der Waals surface area contributed by atoms with Crippen molar-refractivity contribution < 1.29 is 14.3 Å². The molecule has 3 aromatic rings. The predicted octanol–water partition coefficient (Wildman–Crippen LogP) is 4.64. The Kier molecular flexibility index (Phi) is 6.03. The number of hydrogen-bond donors (Lipinski definition) is 2. The molecule has 1 amide bonds. The minimum absolute atomic E-state index is 0.0714. The van der Waals surface area contributed by atoms with Crippen LogP contribution in [0.4, 0.5) is 10.1 Å². The van der Waals surface area contributed by atoms with Crippen molar-refractivity contribution in [1.82, 2.24) is 5.32 Å². The molecule has 1 unspecified atom stereocenters. The zero-order chi connectivity index (χ0) is 21.8. The molecule has 0 aliphatic carbocycles. The summed E-state index contributed by atoms with van der Waals surface area (Å²) in [5, 5.41) is 12.5. The minimum Gasteiger partial charge on any atom is -0.508 e. The van der Waals surface area contributed by atoms with Gasteiger partial charge in [0.1, 0.15) is 11.6 Å². The normalized spacial score (nSPS) is 15.7. The molecule has 0 fully saturated rings. The molecule has 0 spiro atoms. The molecular formula is C26H25FN2O2. The second-order valence-electron chi connectivity index (χ2n) is 7.71. The number of likely N-dealkylation sites (N-methyl/N-ethyl adjacent to an activating group) is 1. The summed E-state index contributed by atoms with van der Waals surface area (Å²) < 4.78 is 13.5. The van der Waals surface area contributed by atoms with Gasteiger partial charge in [0.25, 0.3) is 0 Å². The fourth-order valence-electron chi connectivity index (χ4n) is 4.10. The van der Waals surface area contributed by atoms with Crippen LogP contribution in [0.1, 0.15) is 28.3 Å². The van der Waals surface area contributed by atoms with Gasteiger partial charge in [-0.25, -0.2) is 4.39 Å². The van der Waals surface area contributed by atoms with Gasteiger partial charge < -0.3 is 15.3 Å². The van der Waals surface area contributed by atoms with Gasteiger partial charge in [0.2, 0.25) is 5.91 Å². The topological polar surface area (TPSA) is 52.6 Å². The quantitative estimate of drug-likeness (QED) is 0.596. The molecule has 1 aliphatic rings. The molecule has 0 saturated heterocycles. The molecule has 1 aliphatic heterocycles. The molecule has 4 rings (SSSR count). The number of nitrogens with zero attached hydrogens (tertiary/aromatic N) is 1. The van der Waals surface area contributed by atoms with E-state index in [0.717, 1.165) is 41.8 Å². The number of carbonyl (C=O) groups excluding carboxylic acids is 1. The highest BCUT2D eigenvalue weighted by atomic mass is 19.1. The van der Waals surface area contributed by atoms with Crippen LogP contribution in [0.25, 0.3) is 6.08 Å². The summed E-state index contributed by atoms with van der Waals surface area (Å²) in [6.07, 6.45) is 4.89. The number of benzene rings is 3. The van der Waals surface area contributed by atoms with E-state index in [1.165, 1.54) is 23.8 Å². The van der Waals surface area contributed by atoms with E-state index in [4.69, 9.17) is 0 Å². The average molecular weight is 416 g/mol. The van der Waals surface area contributed by atoms with Gasteiger partial charge in [0, 0.05) is 25.4 Å². The Labute approximate surface area is 181 Å². The van der Waals surface area contributed by atoms with Crippen molar-refractivity contribution in [3.05, 3.63) is 101 Å². The van der Waals surface area contributed by atoms with Gasteiger partial charge >= 0.3 is 0 Å². The second kappa shape index (κ2) is 9.04. The van der Waals surface area contributed by atoms with Crippen molar-refractivity contribution in [2.45, 2.75) is 18.9 Å². The first-order chi connectivity index (χ1) is 15.0. The van der Waals surface area contributed by atoms with Crippen LogP contribution in [0.2, 0.25) is 0 Å². The number of aromatic hydroxyl groups is 1. The maximum atomic E-state index is 13.5. The number of fused-ring (bicyclic) bond motifs is 1. The number of nitrogens with one attached hydrogen (secondary N) is 1. The van der Waals surface area contributed by atoms with Crippen molar-refractivity contribution in [3.63, 3.8) is 0 Å². The Bertz CT molecular complexity index is 1090. The summed E-state index contributed by atoms with van der Waals surface area (Å²) >= 11 is 0. The summed E-state index contributed by atoms with van der Waals surface area (Å²) in [7, 11) is 1.60. The fraction of sp³-hybridized carbons (Fsp3) is 0.192. The Hall–Kier alpha value is -3.60. The maximum Gasteiger partial charge on any atom is 0.243 e.